The molecule has 3 atom stereocenters. The summed E-state index contributed by atoms with van der Waals surface area (Å²) in [4.78, 5) is 0. The summed E-state index contributed by atoms with van der Waals surface area (Å²) in [6, 6.07) is 0.442. The summed E-state index contributed by atoms with van der Waals surface area (Å²) in [6.07, 6.45) is 11.8. The van der Waals surface area contributed by atoms with Crippen molar-refractivity contribution in [1.29, 1.82) is 0 Å². The predicted octanol–water partition coefficient (Wildman–Crippen LogP) is 3.25. The molecule has 0 heterocycles. The van der Waals surface area contributed by atoms with Crippen LogP contribution in [0.4, 0.5) is 0 Å². The fourth-order valence-corrected chi connectivity index (χ4v) is 3.08. The van der Waals surface area contributed by atoms with Gasteiger partial charge in [-0.1, -0.05) is 37.8 Å². The highest BCUT2D eigenvalue weighted by Gasteiger charge is 2.25. The topological polar surface area (TPSA) is 26.0 Å². The predicted molar refractivity (Wildman–Crippen MR) is 61.0 cm³/mol. The highest BCUT2D eigenvalue weighted by molar-refractivity contribution is 5.13. The first kappa shape index (κ1) is 10.2. The fraction of sp³-hybridized carbons (Fsp3) is 0.846. The van der Waals surface area contributed by atoms with Crippen molar-refractivity contribution in [1.82, 2.24) is 0 Å². The monoisotopic (exact) mass is 193 g/mol. The van der Waals surface area contributed by atoms with Gasteiger partial charge in [-0.15, -0.1) is 0 Å². The van der Waals surface area contributed by atoms with Gasteiger partial charge in [0.25, 0.3) is 0 Å². The summed E-state index contributed by atoms with van der Waals surface area (Å²) in [5.74, 6) is 1.82. The summed E-state index contributed by atoms with van der Waals surface area (Å²) in [5.41, 5.74) is 7.65. The van der Waals surface area contributed by atoms with Crippen LogP contribution in [0.15, 0.2) is 11.6 Å². The van der Waals surface area contributed by atoms with Crippen molar-refractivity contribution in [3.05, 3.63) is 11.6 Å². The van der Waals surface area contributed by atoms with Gasteiger partial charge in [0.15, 0.2) is 0 Å². The van der Waals surface area contributed by atoms with Crippen LogP contribution in [-0.2, 0) is 0 Å². The van der Waals surface area contributed by atoms with Crippen molar-refractivity contribution in [3.8, 4) is 0 Å². The molecule has 0 aromatic rings. The molecule has 0 radical (unpaired) electrons. The highest BCUT2D eigenvalue weighted by atomic mass is 14.6. The minimum absolute atomic E-state index is 0.442. The number of allylic oxidation sites excluding steroid dienone is 1. The second-order valence-corrected chi connectivity index (χ2v) is 5.18. The first-order chi connectivity index (χ1) is 6.77. The Hall–Kier alpha value is -0.300. The minimum atomic E-state index is 0.442. The number of nitrogens with two attached hydrogens (primary N) is 1. The van der Waals surface area contributed by atoms with Gasteiger partial charge in [0.1, 0.15) is 0 Å². The van der Waals surface area contributed by atoms with E-state index < -0.39 is 0 Å². The molecule has 2 N–H and O–H groups in total. The van der Waals surface area contributed by atoms with Crippen molar-refractivity contribution in [3.63, 3.8) is 0 Å². The van der Waals surface area contributed by atoms with Gasteiger partial charge in [0.2, 0.25) is 0 Å². The largest absolute Gasteiger partial charge is 0.327 e. The molecule has 1 nitrogen and oxygen atoms in total. The summed E-state index contributed by atoms with van der Waals surface area (Å²) >= 11 is 0. The molecule has 0 spiro atoms. The maximum absolute atomic E-state index is 5.92. The lowest BCUT2D eigenvalue weighted by Gasteiger charge is -2.33. The average Bonchev–Trinajstić information content (AvgIpc) is 2.20. The lowest BCUT2D eigenvalue weighted by atomic mass is 9.73. The number of rotatable bonds is 1. The van der Waals surface area contributed by atoms with Crippen LogP contribution in [0.1, 0.15) is 51.9 Å². The Kier molecular flexibility index (Phi) is 3.27. The maximum Gasteiger partial charge on any atom is 0.00765 e. The van der Waals surface area contributed by atoms with Gasteiger partial charge in [-0.05, 0) is 37.5 Å². The Morgan fingerprint density at radius 3 is 2.64 bits per heavy atom. The zero-order valence-corrected chi connectivity index (χ0v) is 9.34. The van der Waals surface area contributed by atoms with Crippen LogP contribution in [0.25, 0.3) is 0 Å². The Bertz CT molecular complexity index is 219. The van der Waals surface area contributed by atoms with E-state index in [0.29, 0.717) is 6.04 Å². The normalized spacial score (nSPS) is 39.3. The van der Waals surface area contributed by atoms with Gasteiger partial charge >= 0.3 is 0 Å². The van der Waals surface area contributed by atoms with Crippen LogP contribution in [0.3, 0.4) is 0 Å². The third-order valence-electron chi connectivity index (χ3n) is 4.07. The van der Waals surface area contributed by atoms with Gasteiger partial charge in [-0.3, -0.25) is 0 Å². The van der Waals surface area contributed by atoms with Gasteiger partial charge in [-0.25, -0.2) is 0 Å². The lowest BCUT2D eigenvalue weighted by Crippen LogP contribution is -2.26. The van der Waals surface area contributed by atoms with Crippen LogP contribution in [-0.4, -0.2) is 6.04 Å². The Morgan fingerprint density at radius 2 is 2.00 bits per heavy atom. The molecule has 0 saturated heterocycles. The molecule has 1 fully saturated rings. The molecule has 0 aromatic carbocycles. The lowest BCUT2D eigenvalue weighted by molar-refractivity contribution is 0.282. The smallest absolute Gasteiger partial charge is 0.00765 e. The Balaban J connectivity index is 1.99. The Morgan fingerprint density at radius 1 is 1.21 bits per heavy atom. The SMILES string of the molecule is CC1CCCCC1C1=CCC(N)CC1. The second-order valence-electron chi connectivity index (χ2n) is 5.18. The van der Waals surface area contributed by atoms with E-state index >= 15 is 0 Å². The molecule has 0 amide bonds. The van der Waals surface area contributed by atoms with Crippen molar-refractivity contribution < 1.29 is 0 Å². The summed E-state index contributed by atoms with van der Waals surface area (Å²) in [6.45, 7) is 2.43. The maximum atomic E-state index is 5.92. The van der Waals surface area contributed by atoms with Gasteiger partial charge < -0.3 is 5.73 Å². The third-order valence-corrected chi connectivity index (χ3v) is 4.07. The van der Waals surface area contributed by atoms with Crippen LogP contribution in [0, 0.1) is 11.8 Å². The molecule has 14 heavy (non-hydrogen) atoms. The molecule has 2 aliphatic rings. The first-order valence-electron chi connectivity index (χ1n) is 6.22. The molecular weight excluding hydrogens is 170 g/mol. The second kappa shape index (κ2) is 4.48. The van der Waals surface area contributed by atoms with Gasteiger partial charge in [0, 0.05) is 6.04 Å². The van der Waals surface area contributed by atoms with E-state index in [1.54, 1.807) is 5.57 Å². The molecule has 80 valence electrons. The van der Waals surface area contributed by atoms with Gasteiger partial charge in [-0.2, -0.15) is 0 Å². The minimum Gasteiger partial charge on any atom is -0.327 e. The van der Waals surface area contributed by atoms with Crippen molar-refractivity contribution in [2.75, 3.05) is 0 Å². The molecule has 0 aromatic heterocycles. The molecule has 1 saturated carbocycles. The molecular formula is C13H23N. The van der Waals surface area contributed by atoms with E-state index in [2.05, 4.69) is 13.0 Å². The highest BCUT2D eigenvalue weighted by Crippen LogP contribution is 2.38. The zero-order valence-electron chi connectivity index (χ0n) is 9.34. The Labute approximate surface area is 87.8 Å². The molecule has 3 unspecified atom stereocenters. The molecule has 0 bridgehead atoms. The summed E-state index contributed by atoms with van der Waals surface area (Å²) in [7, 11) is 0. The van der Waals surface area contributed by atoms with E-state index in [1.807, 2.05) is 0 Å². The standard InChI is InChI=1S/C13H23N/c1-10-4-2-3-5-13(10)11-6-8-12(14)9-7-11/h6,10,12-13H,2-5,7-9,14H2,1H3. The average molecular weight is 193 g/mol. The van der Waals surface area contributed by atoms with E-state index in [-0.39, 0.29) is 0 Å². The van der Waals surface area contributed by atoms with Crippen molar-refractivity contribution >= 4 is 0 Å². The quantitative estimate of drug-likeness (QED) is 0.636. The molecule has 2 aliphatic carbocycles. The van der Waals surface area contributed by atoms with E-state index in [4.69, 9.17) is 5.73 Å². The van der Waals surface area contributed by atoms with E-state index in [0.717, 1.165) is 18.3 Å². The van der Waals surface area contributed by atoms with Crippen LogP contribution >= 0.6 is 0 Å². The van der Waals surface area contributed by atoms with Crippen molar-refractivity contribution in [2.24, 2.45) is 17.6 Å². The molecule has 1 heteroatoms. The fourth-order valence-electron chi connectivity index (χ4n) is 3.08. The first-order valence-corrected chi connectivity index (χ1v) is 6.22. The third kappa shape index (κ3) is 2.20. The summed E-state index contributed by atoms with van der Waals surface area (Å²) < 4.78 is 0. The number of hydrogen-bond acceptors (Lipinski definition) is 1. The number of hydrogen-bond donors (Lipinski definition) is 1. The van der Waals surface area contributed by atoms with E-state index in [9.17, 15) is 0 Å². The zero-order chi connectivity index (χ0) is 9.97. The van der Waals surface area contributed by atoms with Crippen LogP contribution in [0.2, 0.25) is 0 Å². The van der Waals surface area contributed by atoms with E-state index in [1.165, 1.54) is 38.5 Å². The van der Waals surface area contributed by atoms with Crippen molar-refractivity contribution in [2.45, 2.75) is 57.9 Å². The molecule has 2 rings (SSSR count). The van der Waals surface area contributed by atoms with Crippen LogP contribution in [0.5, 0.6) is 0 Å². The molecule has 0 aliphatic heterocycles. The summed E-state index contributed by atoms with van der Waals surface area (Å²) in [5, 5.41) is 0. The van der Waals surface area contributed by atoms with Gasteiger partial charge in [0.05, 0.1) is 0 Å². The van der Waals surface area contributed by atoms with Crippen LogP contribution < -0.4 is 5.73 Å².